The minimum absolute atomic E-state index is 0.159. The van der Waals surface area contributed by atoms with Gasteiger partial charge in [0.05, 0.1) is 22.7 Å². The van der Waals surface area contributed by atoms with Crippen LogP contribution in [0, 0.1) is 11.3 Å². The first-order chi connectivity index (χ1) is 14.9. The molecule has 3 aromatic rings. The Morgan fingerprint density at radius 2 is 2.23 bits per heavy atom. The lowest BCUT2D eigenvalue weighted by atomic mass is 10.0. The van der Waals surface area contributed by atoms with Gasteiger partial charge in [0.1, 0.15) is 16.8 Å². The average Bonchev–Trinajstić information content (AvgIpc) is 3.37. The predicted octanol–water partition coefficient (Wildman–Crippen LogP) is 3.97. The maximum Gasteiger partial charge on any atom is 0.274 e. The summed E-state index contributed by atoms with van der Waals surface area (Å²) in [4.78, 5) is 32.0. The van der Waals surface area contributed by atoms with E-state index < -0.39 is 5.91 Å². The van der Waals surface area contributed by atoms with Gasteiger partial charge >= 0.3 is 0 Å². The predicted molar refractivity (Wildman–Crippen MR) is 117 cm³/mol. The van der Waals surface area contributed by atoms with Gasteiger partial charge in [-0.25, -0.2) is 0 Å². The topological polar surface area (TPSA) is 115 Å². The van der Waals surface area contributed by atoms with E-state index in [1.165, 1.54) is 29.8 Å². The van der Waals surface area contributed by atoms with E-state index in [1.807, 2.05) is 13.8 Å². The highest BCUT2D eigenvalue weighted by molar-refractivity contribution is 7.16. The lowest BCUT2D eigenvalue weighted by Crippen LogP contribution is -2.35. The Labute approximate surface area is 187 Å². The maximum atomic E-state index is 12.9. The molecule has 31 heavy (non-hydrogen) atoms. The molecule has 8 nitrogen and oxygen atoms in total. The number of rotatable bonds is 4. The average molecular weight is 455 g/mol. The van der Waals surface area contributed by atoms with Crippen molar-refractivity contribution in [1.82, 2.24) is 20.1 Å². The van der Waals surface area contributed by atoms with Crippen LogP contribution in [-0.2, 0) is 13.0 Å². The number of halogens is 1. The number of pyridine rings is 1. The third-order valence-electron chi connectivity index (χ3n) is 5.13. The van der Waals surface area contributed by atoms with Crippen molar-refractivity contribution < 1.29 is 9.59 Å². The molecule has 1 aliphatic heterocycles. The highest BCUT2D eigenvalue weighted by Crippen LogP contribution is 2.37. The minimum atomic E-state index is -0.432. The molecule has 2 N–H and O–H groups in total. The largest absolute Gasteiger partial charge is 0.332 e. The van der Waals surface area contributed by atoms with E-state index in [2.05, 4.69) is 26.6 Å². The van der Waals surface area contributed by atoms with Crippen LogP contribution < -0.4 is 5.32 Å². The highest BCUT2D eigenvalue weighted by atomic mass is 35.5. The quantitative estimate of drug-likeness (QED) is 0.619. The fourth-order valence-corrected chi connectivity index (χ4v) is 4.80. The van der Waals surface area contributed by atoms with Gasteiger partial charge in [-0.1, -0.05) is 25.4 Å². The molecule has 10 heteroatoms. The Kier molecular flexibility index (Phi) is 5.76. The summed E-state index contributed by atoms with van der Waals surface area (Å²) in [6.07, 6.45) is 3.41. The van der Waals surface area contributed by atoms with E-state index in [0.717, 1.165) is 16.1 Å². The summed E-state index contributed by atoms with van der Waals surface area (Å²) < 4.78 is 0. The minimum Gasteiger partial charge on any atom is -0.332 e. The molecule has 0 atom stereocenters. The van der Waals surface area contributed by atoms with Crippen LogP contribution in [0.3, 0.4) is 0 Å². The SMILES string of the molecule is CC(C)c1cc(C(=O)N2CCc3c(sc(NC(=O)c4cnccc4Cl)c3C#N)C2)n[nH]1. The number of H-pyrrole nitrogens is 1. The number of hydrogen-bond acceptors (Lipinski definition) is 6. The fraction of sp³-hybridized carbons (Fsp3) is 0.286. The van der Waals surface area contributed by atoms with Crippen molar-refractivity contribution in [3.63, 3.8) is 0 Å². The van der Waals surface area contributed by atoms with Crippen LogP contribution in [0.5, 0.6) is 0 Å². The zero-order valence-electron chi connectivity index (χ0n) is 16.9. The first-order valence-corrected chi connectivity index (χ1v) is 10.9. The van der Waals surface area contributed by atoms with E-state index in [-0.39, 0.29) is 22.4 Å². The van der Waals surface area contributed by atoms with Crippen LogP contribution in [0.25, 0.3) is 0 Å². The van der Waals surface area contributed by atoms with Crippen molar-refractivity contribution in [1.29, 1.82) is 5.26 Å². The Balaban J connectivity index is 1.55. The van der Waals surface area contributed by atoms with E-state index >= 15 is 0 Å². The second-order valence-electron chi connectivity index (χ2n) is 7.47. The lowest BCUT2D eigenvalue weighted by Gasteiger charge is -2.26. The summed E-state index contributed by atoms with van der Waals surface area (Å²) in [6.45, 7) is 4.89. The number of hydrogen-bond donors (Lipinski definition) is 2. The Morgan fingerprint density at radius 1 is 1.42 bits per heavy atom. The molecule has 0 saturated carbocycles. The van der Waals surface area contributed by atoms with Gasteiger partial charge in [0.25, 0.3) is 11.8 Å². The summed E-state index contributed by atoms with van der Waals surface area (Å²) in [7, 11) is 0. The zero-order valence-corrected chi connectivity index (χ0v) is 18.5. The molecule has 0 spiro atoms. The number of nitrogens with one attached hydrogen (secondary N) is 2. The summed E-state index contributed by atoms with van der Waals surface area (Å²) in [5.74, 6) is -0.343. The molecule has 0 fully saturated rings. The molecule has 0 saturated heterocycles. The number of nitrogens with zero attached hydrogens (tertiary/aromatic N) is 4. The molecule has 1 aliphatic rings. The molecule has 0 unspecified atom stereocenters. The summed E-state index contributed by atoms with van der Waals surface area (Å²) in [5.41, 5.74) is 2.82. The normalized spacial score (nSPS) is 13.1. The van der Waals surface area contributed by atoms with Gasteiger partial charge in [0.15, 0.2) is 0 Å². The molecule has 0 radical (unpaired) electrons. The molecule has 2 amide bonds. The van der Waals surface area contributed by atoms with Crippen molar-refractivity contribution >= 4 is 39.8 Å². The maximum absolute atomic E-state index is 12.9. The summed E-state index contributed by atoms with van der Waals surface area (Å²) >= 11 is 7.38. The molecular formula is C21H19ClN6O2S. The van der Waals surface area contributed by atoms with Gasteiger partial charge in [-0.3, -0.25) is 19.7 Å². The first kappa shape index (κ1) is 21.0. The van der Waals surface area contributed by atoms with Gasteiger partial charge in [-0.05, 0) is 30.0 Å². The first-order valence-electron chi connectivity index (χ1n) is 9.69. The molecule has 158 valence electrons. The van der Waals surface area contributed by atoms with E-state index in [4.69, 9.17) is 11.6 Å². The number of thiophene rings is 1. The van der Waals surface area contributed by atoms with E-state index in [9.17, 15) is 14.9 Å². The van der Waals surface area contributed by atoms with Crippen LogP contribution in [0.2, 0.25) is 5.02 Å². The number of aromatic amines is 1. The standard InChI is InChI=1S/C21H19ClN6O2S/c1-11(2)16-7-17(27-26-16)21(30)28-6-4-12-13(8-23)20(31-18(12)10-28)25-19(29)14-9-24-5-3-15(14)22/h3,5,7,9,11H,4,6,10H2,1-2H3,(H,25,29)(H,26,27). The van der Waals surface area contributed by atoms with Gasteiger partial charge in [-0.2, -0.15) is 10.4 Å². The molecule has 0 bridgehead atoms. The number of amides is 2. The number of nitriles is 1. The molecule has 0 aliphatic carbocycles. The third-order valence-corrected chi connectivity index (χ3v) is 6.60. The van der Waals surface area contributed by atoms with Crippen molar-refractivity contribution in [2.45, 2.75) is 32.7 Å². The zero-order chi connectivity index (χ0) is 22.1. The fourth-order valence-electron chi connectivity index (χ4n) is 3.40. The van der Waals surface area contributed by atoms with Crippen LogP contribution in [0.15, 0.2) is 24.5 Å². The molecule has 0 aromatic carbocycles. The second-order valence-corrected chi connectivity index (χ2v) is 8.98. The van der Waals surface area contributed by atoms with Gasteiger partial charge in [0.2, 0.25) is 0 Å². The van der Waals surface area contributed by atoms with Crippen LogP contribution in [0.4, 0.5) is 5.00 Å². The van der Waals surface area contributed by atoms with E-state index in [1.54, 1.807) is 11.0 Å². The van der Waals surface area contributed by atoms with E-state index in [0.29, 0.717) is 35.8 Å². The second kappa shape index (κ2) is 8.49. The smallest absolute Gasteiger partial charge is 0.274 e. The van der Waals surface area contributed by atoms with Crippen molar-refractivity contribution in [2.75, 3.05) is 11.9 Å². The molecule has 3 aromatic heterocycles. The summed E-state index contributed by atoms with van der Waals surface area (Å²) in [6, 6.07) is 5.50. The Hall–Kier alpha value is -3.22. The third kappa shape index (κ3) is 4.04. The Morgan fingerprint density at radius 3 is 2.90 bits per heavy atom. The molecular weight excluding hydrogens is 436 g/mol. The number of anilines is 1. The van der Waals surface area contributed by atoms with Crippen LogP contribution >= 0.6 is 22.9 Å². The number of carbonyl (C=O) groups is 2. The molecule has 4 rings (SSSR count). The van der Waals surface area contributed by atoms with Crippen LogP contribution in [-0.4, -0.2) is 38.4 Å². The van der Waals surface area contributed by atoms with Gasteiger partial charge in [-0.15, -0.1) is 11.3 Å². The highest BCUT2D eigenvalue weighted by Gasteiger charge is 2.29. The number of carbonyl (C=O) groups excluding carboxylic acids is 2. The summed E-state index contributed by atoms with van der Waals surface area (Å²) in [5, 5.41) is 20.2. The van der Waals surface area contributed by atoms with Crippen molar-refractivity contribution in [2.24, 2.45) is 0 Å². The lowest BCUT2D eigenvalue weighted by molar-refractivity contribution is 0.0731. The Bertz CT molecular complexity index is 1210. The van der Waals surface area contributed by atoms with Crippen LogP contribution in [0.1, 0.15) is 62.3 Å². The van der Waals surface area contributed by atoms with Crippen molar-refractivity contribution in [3.05, 3.63) is 62.5 Å². The van der Waals surface area contributed by atoms with Gasteiger partial charge in [0, 0.05) is 29.5 Å². The van der Waals surface area contributed by atoms with Gasteiger partial charge < -0.3 is 10.2 Å². The monoisotopic (exact) mass is 454 g/mol. The number of fused-ring (bicyclic) bond motifs is 1. The molecule has 4 heterocycles. The van der Waals surface area contributed by atoms with Crippen molar-refractivity contribution in [3.8, 4) is 6.07 Å². The number of aromatic nitrogens is 3.